The number of carboxylic acids is 1. The SMILES string of the molecule is CC(C)(C)[C@H](c1cc(-c2cc(F)ccc2F)cn1Cc1ccccc1)N(CC[C@H](NC(=O)OCC[Si](C)(C)C)C(=O)N[C@H]1CC[C@@H](C(=O)O)C1)C(=O)CO. The molecule has 1 saturated carbocycles. The Kier molecular flexibility index (Phi) is 14.2. The number of aliphatic hydroxyl groups is 1. The third-order valence-corrected chi connectivity index (χ3v) is 11.4. The molecule has 2 aromatic carbocycles. The Bertz CT molecular complexity index is 1770. The van der Waals surface area contributed by atoms with Crippen LogP contribution >= 0.6 is 0 Å². The van der Waals surface area contributed by atoms with Crippen molar-refractivity contribution in [2.75, 3.05) is 19.8 Å². The monoisotopic (exact) mass is 768 g/mol. The minimum atomic E-state index is -1.53. The summed E-state index contributed by atoms with van der Waals surface area (Å²) in [5, 5.41) is 25.3. The van der Waals surface area contributed by atoms with Gasteiger partial charge in [-0.05, 0) is 67.0 Å². The molecule has 1 heterocycles. The fourth-order valence-electron chi connectivity index (χ4n) is 6.91. The summed E-state index contributed by atoms with van der Waals surface area (Å²) in [6.45, 7) is 11.7. The van der Waals surface area contributed by atoms with Crippen LogP contribution in [0.3, 0.4) is 0 Å². The standard InChI is InChI=1S/C40H54F2N4O7Si/c1-40(2,3)36(34-21-28(31-22-29(41)13-15-32(31)42)24-45(34)23-26-10-8-7-9-11-26)46(35(48)25-47)17-16-33(44-39(52)53-18-19-54(4,5)6)37(49)43-30-14-12-27(20-30)38(50)51/h7-11,13,15,21-22,24,27,30,33,36,47H,12,14,16-20,23,25H2,1-6H3,(H,43,49)(H,44,52)(H,50,51)/t27-,30+,33+,36+/m1/s1. The van der Waals surface area contributed by atoms with Crippen molar-refractivity contribution in [3.8, 4) is 11.1 Å². The lowest BCUT2D eigenvalue weighted by atomic mass is 9.82. The minimum Gasteiger partial charge on any atom is -0.481 e. The van der Waals surface area contributed by atoms with Gasteiger partial charge in [-0.2, -0.15) is 0 Å². The van der Waals surface area contributed by atoms with Gasteiger partial charge in [0.25, 0.3) is 0 Å². The number of carbonyl (C=O) groups is 4. The maximum absolute atomic E-state index is 15.1. The summed E-state index contributed by atoms with van der Waals surface area (Å²) in [7, 11) is -1.53. The van der Waals surface area contributed by atoms with E-state index < -0.39 is 79.7 Å². The van der Waals surface area contributed by atoms with Crippen molar-refractivity contribution >= 4 is 32.0 Å². The molecule has 294 valence electrons. The zero-order valence-corrected chi connectivity index (χ0v) is 33.0. The Hall–Kier alpha value is -4.56. The lowest BCUT2D eigenvalue weighted by molar-refractivity contribution is -0.141. The molecular formula is C40H54F2N4O7Si. The van der Waals surface area contributed by atoms with Gasteiger partial charge in [0.1, 0.15) is 24.3 Å². The lowest BCUT2D eigenvalue weighted by Gasteiger charge is -2.41. The second-order valence-corrected chi connectivity index (χ2v) is 22.0. The van der Waals surface area contributed by atoms with Gasteiger partial charge in [-0.15, -0.1) is 0 Å². The second kappa shape index (κ2) is 18.2. The first kappa shape index (κ1) is 42.2. The van der Waals surface area contributed by atoms with E-state index in [1.807, 2.05) is 55.7 Å². The summed E-state index contributed by atoms with van der Waals surface area (Å²) in [6.07, 6.45) is 1.96. The summed E-state index contributed by atoms with van der Waals surface area (Å²) in [6, 6.07) is 12.8. The Morgan fingerprint density at radius 2 is 1.74 bits per heavy atom. The number of carbonyl (C=O) groups excluding carboxylic acids is 3. The number of amides is 3. The molecule has 4 atom stereocenters. The Balaban J connectivity index is 1.70. The number of halogens is 2. The van der Waals surface area contributed by atoms with E-state index in [1.165, 1.54) is 4.90 Å². The van der Waals surface area contributed by atoms with Gasteiger partial charge in [-0.1, -0.05) is 70.7 Å². The number of alkyl carbamates (subject to hydrolysis) is 1. The summed E-state index contributed by atoms with van der Waals surface area (Å²) in [4.78, 5) is 53.5. The van der Waals surface area contributed by atoms with Crippen LogP contribution in [-0.4, -0.2) is 83.5 Å². The average Bonchev–Trinajstić information content (AvgIpc) is 3.73. The summed E-state index contributed by atoms with van der Waals surface area (Å²) < 4.78 is 36.9. The van der Waals surface area contributed by atoms with Crippen molar-refractivity contribution in [3.63, 3.8) is 0 Å². The van der Waals surface area contributed by atoms with Crippen LogP contribution in [0.4, 0.5) is 13.6 Å². The van der Waals surface area contributed by atoms with E-state index >= 15 is 4.39 Å². The number of rotatable bonds is 16. The van der Waals surface area contributed by atoms with Gasteiger partial charge >= 0.3 is 12.1 Å². The smallest absolute Gasteiger partial charge is 0.407 e. The summed E-state index contributed by atoms with van der Waals surface area (Å²) in [5.74, 6) is -3.94. The predicted molar refractivity (Wildman–Crippen MR) is 204 cm³/mol. The van der Waals surface area contributed by atoms with Gasteiger partial charge in [-0.3, -0.25) is 14.4 Å². The highest BCUT2D eigenvalue weighted by molar-refractivity contribution is 6.76. The van der Waals surface area contributed by atoms with Crippen LogP contribution in [-0.2, 0) is 25.7 Å². The number of aliphatic hydroxyl groups excluding tert-OH is 1. The highest BCUT2D eigenvalue weighted by Gasteiger charge is 2.39. The maximum atomic E-state index is 15.1. The molecular weight excluding hydrogens is 715 g/mol. The number of ether oxygens (including phenoxy) is 1. The van der Waals surface area contributed by atoms with E-state index in [9.17, 15) is 33.8 Å². The number of nitrogens with one attached hydrogen (secondary N) is 2. The molecule has 1 aliphatic carbocycles. The topological polar surface area (TPSA) is 150 Å². The van der Waals surface area contributed by atoms with E-state index in [0.717, 1.165) is 23.8 Å². The maximum Gasteiger partial charge on any atom is 0.407 e. The van der Waals surface area contributed by atoms with Gasteiger partial charge in [-0.25, -0.2) is 13.6 Å². The van der Waals surface area contributed by atoms with Crippen molar-refractivity contribution in [3.05, 3.63) is 83.7 Å². The number of aliphatic carboxylic acids is 1. The average molecular weight is 769 g/mol. The lowest BCUT2D eigenvalue weighted by Crippen LogP contribution is -2.52. The molecule has 54 heavy (non-hydrogen) atoms. The Morgan fingerprint density at radius 3 is 2.35 bits per heavy atom. The molecule has 4 rings (SSSR count). The minimum absolute atomic E-state index is 0.0429. The largest absolute Gasteiger partial charge is 0.481 e. The van der Waals surface area contributed by atoms with Gasteiger partial charge in [0, 0.05) is 50.2 Å². The molecule has 3 aromatic rings. The second-order valence-electron chi connectivity index (χ2n) is 16.4. The first-order valence-corrected chi connectivity index (χ1v) is 22.1. The quantitative estimate of drug-likeness (QED) is 0.120. The summed E-state index contributed by atoms with van der Waals surface area (Å²) >= 11 is 0. The zero-order valence-electron chi connectivity index (χ0n) is 32.0. The van der Waals surface area contributed by atoms with Crippen LogP contribution < -0.4 is 10.6 Å². The van der Waals surface area contributed by atoms with E-state index in [-0.39, 0.29) is 31.6 Å². The van der Waals surface area contributed by atoms with Crippen LogP contribution in [0.2, 0.25) is 25.7 Å². The van der Waals surface area contributed by atoms with Crippen LogP contribution in [0.1, 0.15) is 63.8 Å². The Labute approximate surface area is 317 Å². The predicted octanol–water partition coefficient (Wildman–Crippen LogP) is 6.58. The first-order valence-electron chi connectivity index (χ1n) is 18.4. The van der Waals surface area contributed by atoms with Gasteiger partial charge < -0.3 is 35.1 Å². The summed E-state index contributed by atoms with van der Waals surface area (Å²) in [5.41, 5.74) is 1.23. The molecule has 1 aromatic heterocycles. The molecule has 4 N–H and O–H groups in total. The van der Waals surface area contributed by atoms with E-state index in [0.29, 0.717) is 36.7 Å². The van der Waals surface area contributed by atoms with Gasteiger partial charge in [0.05, 0.1) is 18.6 Å². The van der Waals surface area contributed by atoms with Gasteiger partial charge in [0.15, 0.2) is 0 Å². The highest BCUT2D eigenvalue weighted by atomic mass is 28.3. The first-order chi connectivity index (χ1) is 25.4. The van der Waals surface area contributed by atoms with Crippen LogP contribution in [0.5, 0.6) is 0 Å². The molecule has 1 fully saturated rings. The Morgan fingerprint density at radius 1 is 1.04 bits per heavy atom. The number of hydrogen-bond acceptors (Lipinski definition) is 6. The number of aromatic nitrogens is 1. The molecule has 14 heteroatoms. The van der Waals surface area contributed by atoms with Crippen LogP contribution in [0, 0.1) is 23.0 Å². The molecule has 1 aliphatic rings. The van der Waals surface area contributed by atoms with Crippen molar-refractivity contribution in [2.45, 2.75) is 96.8 Å². The molecule has 0 radical (unpaired) electrons. The molecule has 11 nitrogen and oxygen atoms in total. The third kappa shape index (κ3) is 11.7. The van der Waals surface area contributed by atoms with E-state index in [4.69, 9.17) is 4.74 Å². The third-order valence-electron chi connectivity index (χ3n) is 9.71. The zero-order chi connectivity index (χ0) is 39.8. The van der Waals surface area contributed by atoms with Crippen molar-refractivity contribution < 1.29 is 42.9 Å². The molecule has 0 spiro atoms. The van der Waals surface area contributed by atoms with Crippen LogP contribution in [0.25, 0.3) is 11.1 Å². The molecule has 0 bridgehead atoms. The van der Waals surface area contributed by atoms with E-state index in [1.54, 1.807) is 12.3 Å². The van der Waals surface area contributed by atoms with Crippen molar-refractivity contribution in [1.82, 2.24) is 20.1 Å². The van der Waals surface area contributed by atoms with E-state index in [2.05, 4.69) is 30.3 Å². The van der Waals surface area contributed by atoms with Crippen molar-refractivity contribution in [1.29, 1.82) is 0 Å². The number of hydrogen-bond donors (Lipinski definition) is 4. The fourth-order valence-corrected chi connectivity index (χ4v) is 7.62. The number of carboxylic acid groups (broad SMARTS) is 1. The fraction of sp³-hybridized carbons (Fsp3) is 0.500. The molecule has 3 amide bonds. The normalized spacial score (nSPS) is 17.1. The molecule has 0 saturated heterocycles. The number of nitrogens with zero attached hydrogens (tertiary/aromatic N) is 2. The molecule has 0 unspecified atom stereocenters. The van der Waals surface area contributed by atoms with Crippen molar-refractivity contribution in [2.24, 2.45) is 11.3 Å². The van der Waals surface area contributed by atoms with Gasteiger partial charge in [0.2, 0.25) is 11.8 Å². The highest BCUT2D eigenvalue weighted by Crippen LogP contribution is 2.41. The van der Waals surface area contributed by atoms with Crippen LogP contribution in [0.15, 0.2) is 60.8 Å². The molecule has 0 aliphatic heterocycles. The number of benzene rings is 2.